The van der Waals surface area contributed by atoms with Gasteiger partial charge in [-0.25, -0.2) is 4.39 Å². The fourth-order valence-electron chi connectivity index (χ4n) is 4.04. The van der Waals surface area contributed by atoms with Crippen molar-refractivity contribution in [1.82, 2.24) is 15.1 Å². The fourth-order valence-corrected chi connectivity index (χ4v) is 4.04. The van der Waals surface area contributed by atoms with Gasteiger partial charge in [-0.1, -0.05) is 31.2 Å². The Hall–Kier alpha value is -2.73. The van der Waals surface area contributed by atoms with E-state index in [4.69, 9.17) is 0 Å². The average Bonchev–Trinajstić information content (AvgIpc) is 2.79. The summed E-state index contributed by atoms with van der Waals surface area (Å²) in [6.07, 6.45) is 2.28. The number of carbonyl (C=O) groups is 2. The number of hydrogen-bond acceptors (Lipinski definition) is 3. The van der Waals surface area contributed by atoms with Crippen molar-refractivity contribution in [3.8, 4) is 0 Å². The van der Waals surface area contributed by atoms with Crippen LogP contribution in [0.25, 0.3) is 0 Å². The van der Waals surface area contributed by atoms with Gasteiger partial charge >= 0.3 is 0 Å². The SMILES string of the molecule is CCc1ccc(C(CNC(=O)C2CCN(C(=O)c3ccc(F)cc3)CC2)N(C)C)cc1. The van der Waals surface area contributed by atoms with Crippen molar-refractivity contribution in [2.45, 2.75) is 32.2 Å². The van der Waals surface area contributed by atoms with E-state index in [0.717, 1.165) is 6.42 Å². The van der Waals surface area contributed by atoms with E-state index in [1.807, 2.05) is 14.1 Å². The molecule has 1 fully saturated rings. The maximum Gasteiger partial charge on any atom is 0.253 e. The lowest BCUT2D eigenvalue weighted by Gasteiger charge is -2.32. The Kier molecular flexibility index (Phi) is 7.80. The molecule has 2 aromatic rings. The Morgan fingerprint density at radius 2 is 1.68 bits per heavy atom. The lowest BCUT2D eigenvalue weighted by molar-refractivity contribution is -0.126. The summed E-state index contributed by atoms with van der Waals surface area (Å²) < 4.78 is 13.1. The smallest absolute Gasteiger partial charge is 0.253 e. The van der Waals surface area contributed by atoms with E-state index < -0.39 is 0 Å². The topological polar surface area (TPSA) is 52.7 Å². The number of nitrogens with zero attached hydrogens (tertiary/aromatic N) is 2. The second-order valence-corrected chi connectivity index (χ2v) is 8.39. The normalized spacial score (nSPS) is 15.7. The van der Waals surface area contributed by atoms with Gasteiger partial charge in [-0.05, 0) is 68.8 Å². The minimum atomic E-state index is -0.357. The molecule has 1 atom stereocenters. The molecule has 31 heavy (non-hydrogen) atoms. The van der Waals surface area contributed by atoms with E-state index in [2.05, 4.69) is 41.4 Å². The van der Waals surface area contributed by atoms with Crippen molar-refractivity contribution in [1.29, 1.82) is 0 Å². The lowest BCUT2D eigenvalue weighted by atomic mass is 9.95. The molecular formula is C25H32FN3O2. The van der Waals surface area contributed by atoms with Crippen molar-refractivity contribution in [2.75, 3.05) is 33.7 Å². The first-order chi connectivity index (χ1) is 14.9. The van der Waals surface area contributed by atoms with Gasteiger partial charge < -0.3 is 15.1 Å². The Morgan fingerprint density at radius 1 is 1.06 bits per heavy atom. The number of carbonyl (C=O) groups excluding carboxylic acids is 2. The van der Waals surface area contributed by atoms with Crippen LogP contribution in [0.3, 0.4) is 0 Å². The monoisotopic (exact) mass is 425 g/mol. The van der Waals surface area contributed by atoms with Gasteiger partial charge in [0.2, 0.25) is 5.91 Å². The molecule has 2 amide bonds. The van der Waals surface area contributed by atoms with Crippen LogP contribution in [0.2, 0.25) is 0 Å². The Labute approximate surface area is 184 Å². The molecule has 5 nitrogen and oxygen atoms in total. The van der Waals surface area contributed by atoms with Crippen LogP contribution in [0.1, 0.15) is 47.3 Å². The van der Waals surface area contributed by atoms with Gasteiger partial charge in [0.1, 0.15) is 5.82 Å². The van der Waals surface area contributed by atoms with Crippen molar-refractivity contribution in [3.05, 3.63) is 71.0 Å². The molecule has 1 heterocycles. The molecule has 0 saturated carbocycles. The highest BCUT2D eigenvalue weighted by molar-refractivity contribution is 5.94. The molecule has 1 aliphatic rings. The number of likely N-dealkylation sites (N-methyl/N-ethyl adjacent to an activating group) is 1. The molecule has 166 valence electrons. The molecule has 6 heteroatoms. The predicted molar refractivity (Wildman–Crippen MR) is 120 cm³/mol. The van der Waals surface area contributed by atoms with Crippen LogP contribution in [0.15, 0.2) is 48.5 Å². The van der Waals surface area contributed by atoms with E-state index in [1.165, 1.54) is 35.4 Å². The molecule has 0 aromatic heterocycles. The van der Waals surface area contributed by atoms with E-state index in [1.54, 1.807) is 4.90 Å². The zero-order valence-electron chi connectivity index (χ0n) is 18.6. The number of amides is 2. The fraction of sp³-hybridized carbons (Fsp3) is 0.440. The lowest BCUT2D eigenvalue weighted by Crippen LogP contribution is -2.44. The number of likely N-dealkylation sites (tertiary alicyclic amines) is 1. The average molecular weight is 426 g/mol. The Morgan fingerprint density at radius 3 is 2.23 bits per heavy atom. The van der Waals surface area contributed by atoms with Gasteiger partial charge in [-0.2, -0.15) is 0 Å². The molecular weight excluding hydrogens is 393 g/mol. The third kappa shape index (κ3) is 5.91. The standard InChI is InChI=1S/C25H32FN3O2/c1-4-18-5-7-19(8-6-18)23(28(2)3)17-27-24(30)20-13-15-29(16-14-20)25(31)21-9-11-22(26)12-10-21/h5-12,20,23H,4,13-17H2,1-3H3,(H,27,30). The highest BCUT2D eigenvalue weighted by atomic mass is 19.1. The van der Waals surface area contributed by atoms with Crippen molar-refractivity contribution in [2.24, 2.45) is 5.92 Å². The number of hydrogen-bond donors (Lipinski definition) is 1. The minimum absolute atomic E-state index is 0.0471. The maximum absolute atomic E-state index is 13.1. The predicted octanol–water partition coefficient (Wildman–Crippen LogP) is 3.66. The minimum Gasteiger partial charge on any atom is -0.354 e. The number of piperidine rings is 1. The summed E-state index contributed by atoms with van der Waals surface area (Å²) in [5.74, 6) is -0.514. The first-order valence-corrected chi connectivity index (χ1v) is 11.0. The van der Waals surface area contributed by atoms with Gasteiger partial charge in [0, 0.05) is 31.1 Å². The van der Waals surface area contributed by atoms with E-state index in [9.17, 15) is 14.0 Å². The number of nitrogens with one attached hydrogen (secondary N) is 1. The van der Waals surface area contributed by atoms with Crippen LogP contribution in [0.4, 0.5) is 4.39 Å². The van der Waals surface area contributed by atoms with Gasteiger partial charge in [-0.3, -0.25) is 9.59 Å². The van der Waals surface area contributed by atoms with Crippen LogP contribution in [-0.2, 0) is 11.2 Å². The van der Waals surface area contributed by atoms with Crippen molar-refractivity contribution >= 4 is 11.8 Å². The molecule has 0 radical (unpaired) electrons. The second-order valence-electron chi connectivity index (χ2n) is 8.39. The Balaban J connectivity index is 1.51. The Bertz CT molecular complexity index is 873. The summed E-state index contributed by atoms with van der Waals surface area (Å²) in [6, 6.07) is 14.3. The molecule has 3 rings (SSSR count). The van der Waals surface area contributed by atoms with Gasteiger partial charge in [0.25, 0.3) is 5.91 Å². The van der Waals surface area contributed by atoms with Gasteiger partial charge in [-0.15, -0.1) is 0 Å². The van der Waals surface area contributed by atoms with Crippen molar-refractivity contribution < 1.29 is 14.0 Å². The zero-order chi connectivity index (χ0) is 22.4. The van der Waals surface area contributed by atoms with Crippen LogP contribution >= 0.6 is 0 Å². The highest BCUT2D eigenvalue weighted by Gasteiger charge is 2.28. The molecule has 0 aliphatic carbocycles. The number of benzene rings is 2. The summed E-state index contributed by atoms with van der Waals surface area (Å²) in [7, 11) is 4.04. The summed E-state index contributed by atoms with van der Waals surface area (Å²) in [5, 5.41) is 3.12. The first kappa shape index (κ1) is 22.9. The maximum atomic E-state index is 13.1. The van der Waals surface area contributed by atoms with Crippen LogP contribution in [0, 0.1) is 11.7 Å². The molecule has 0 spiro atoms. The van der Waals surface area contributed by atoms with Crippen LogP contribution in [0.5, 0.6) is 0 Å². The molecule has 0 bridgehead atoms. The van der Waals surface area contributed by atoms with Gasteiger partial charge in [0.15, 0.2) is 0 Å². The molecule has 2 aromatic carbocycles. The third-order valence-electron chi connectivity index (χ3n) is 6.11. The van der Waals surface area contributed by atoms with E-state index in [-0.39, 0.29) is 29.6 Å². The largest absolute Gasteiger partial charge is 0.354 e. The highest BCUT2D eigenvalue weighted by Crippen LogP contribution is 2.21. The summed E-state index contributed by atoms with van der Waals surface area (Å²) >= 11 is 0. The number of aryl methyl sites for hydroxylation is 1. The zero-order valence-corrected chi connectivity index (χ0v) is 18.6. The first-order valence-electron chi connectivity index (χ1n) is 11.0. The quantitative estimate of drug-likeness (QED) is 0.737. The third-order valence-corrected chi connectivity index (χ3v) is 6.11. The summed E-state index contributed by atoms with van der Waals surface area (Å²) in [6.45, 7) is 3.75. The number of halogens is 1. The number of rotatable bonds is 7. The van der Waals surface area contributed by atoms with Crippen LogP contribution in [-0.4, -0.2) is 55.3 Å². The summed E-state index contributed by atoms with van der Waals surface area (Å²) in [5.41, 5.74) is 2.96. The van der Waals surface area contributed by atoms with Gasteiger partial charge in [0.05, 0.1) is 6.04 Å². The second kappa shape index (κ2) is 10.5. The van der Waals surface area contributed by atoms with Crippen molar-refractivity contribution in [3.63, 3.8) is 0 Å². The molecule has 1 N–H and O–H groups in total. The molecule has 1 saturated heterocycles. The molecule has 1 aliphatic heterocycles. The van der Waals surface area contributed by atoms with Crippen LogP contribution < -0.4 is 5.32 Å². The van der Waals surface area contributed by atoms with E-state index in [0.29, 0.717) is 38.0 Å². The molecule has 1 unspecified atom stereocenters. The van der Waals surface area contributed by atoms with E-state index >= 15 is 0 Å². The summed E-state index contributed by atoms with van der Waals surface area (Å²) in [4.78, 5) is 29.2.